The number of carbonyl (C=O) groups is 1. The molecule has 3 aromatic rings. The van der Waals surface area contributed by atoms with Crippen LogP contribution >= 0.6 is 0 Å². The maximum atomic E-state index is 13.8. The number of aromatic nitrogens is 1. The van der Waals surface area contributed by atoms with Crippen LogP contribution in [0.25, 0.3) is 10.9 Å². The van der Waals surface area contributed by atoms with Gasteiger partial charge in [0.05, 0.1) is 5.75 Å². The van der Waals surface area contributed by atoms with Crippen LogP contribution in [0.5, 0.6) is 0 Å². The van der Waals surface area contributed by atoms with E-state index in [1.54, 1.807) is 18.2 Å². The minimum absolute atomic E-state index is 0.291. The fourth-order valence-corrected chi connectivity index (χ4v) is 4.80. The van der Waals surface area contributed by atoms with Gasteiger partial charge in [-0.1, -0.05) is 24.3 Å². The molecule has 0 spiro atoms. The molecule has 1 aliphatic heterocycles. The quantitative estimate of drug-likeness (QED) is 0.718. The molecule has 134 valence electrons. The van der Waals surface area contributed by atoms with Crippen LogP contribution in [0.2, 0.25) is 0 Å². The molecule has 1 aliphatic rings. The number of benzene rings is 2. The monoisotopic (exact) mass is 371 g/mol. The molecule has 0 amide bonds. The van der Waals surface area contributed by atoms with Gasteiger partial charge in [0.25, 0.3) is 0 Å². The number of carbonyl (C=O) groups excluding carboxylic acids is 1. The van der Waals surface area contributed by atoms with Crippen molar-refractivity contribution in [1.29, 1.82) is 0 Å². The summed E-state index contributed by atoms with van der Waals surface area (Å²) in [6.45, 7) is 0.0928. The van der Waals surface area contributed by atoms with Gasteiger partial charge in [-0.25, -0.2) is 4.39 Å². The molecule has 26 heavy (non-hydrogen) atoms. The highest BCUT2D eigenvalue weighted by Crippen LogP contribution is 2.32. The second-order valence-corrected chi connectivity index (χ2v) is 8.07. The highest BCUT2D eigenvalue weighted by atomic mass is 32.2. The van der Waals surface area contributed by atoms with Gasteiger partial charge in [-0.05, 0) is 35.7 Å². The second-order valence-electron chi connectivity index (χ2n) is 6.49. The number of halogens is 1. The van der Waals surface area contributed by atoms with Crippen molar-refractivity contribution in [3.8, 4) is 0 Å². The fourth-order valence-electron chi connectivity index (χ4n) is 3.59. The first-order chi connectivity index (χ1) is 12.6. The number of nitrogens with zero attached hydrogens (tertiary/aromatic N) is 1. The summed E-state index contributed by atoms with van der Waals surface area (Å²) in [5.74, 6) is 0.487. The van der Waals surface area contributed by atoms with Crippen molar-refractivity contribution in [2.75, 3.05) is 12.4 Å². The van der Waals surface area contributed by atoms with Gasteiger partial charge in [-0.15, -0.1) is 0 Å². The standard InChI is InChI=1S/C20H18FNO3S/c21-15-5-6-18-16(9-15)17-12-26(25)8-7-19(17)22(18)10-13-1-3-14(4-2-13)20(24)11-23/h1-6,9,23H,7-8,10-12H2. The van der Waals surface area contributed by atoms with Crippen LogP contribution < -0.4 is 0 Å². The molecule has 2 heterocycles. The molecule has 1 unspecified atom stereocenters. The molecule has 0 aliphatic carbocycles. The zero-order chi connectivity index (χ0) is 18.3. The van der Waals surface area contributed by atoms with Gasteiger partial charge < -0.3 is 9.67 Å². The molecule has 1 aromatic heterocycles. The summed E-state index contributed by atoms with van der Waals surface area (Å²) in [6, 6.07) is 11.9. The van der Waals surface area contributed by atoms with Gasteiger partial charge in [0.1, 0.15) is 12.4 Å². The normalized spacial score (nSPS) is 16.6. The highest BCUT2D eigenvalue weighted by molar-refractivity contribution is 7.84. The molecular formula is C20H18FNO3S. The number of fused-ring (bicyclic) bond motifs is 3. The Hall–Kier alpha value is -2.31. The van der Waals surface area contributed by atoms with Crippen molar-refractivity contribution < 1.29 is 18.5 Å². The lowest BCUT2D eigenvalue weighted by molar-refractivity contribution is 0.0903. The van der Waals surface area contributed by atoms with Crippen molar-refractivity contribution in [2.24, 2.45) is 0 Å². The summed E-state index contributed by atoms with van der Waals surface area (Å²) in [5, 5.41) is 9.78. The Morgan fingerprint density at radius 2 is 1.96 bits per heavy atom. The first-order valence-electron chi connectivity index (χ1n) is 8.44. The van der Waals surface area contributed by atoms with E-state index < -0.39 is 17.4 Å². The van der Waals surface area contributed by atoms with E-state index in [4.69, 9.17) is 5.11 Å². The summed E-state index contributed by atoms with van der Waals surface area (Å²) in [4.78, 5) is 11.6. The molecule has 0 saturated carbocycles. The number of rotatable bonds is 4. The molecule has 4 rings (SSSR count). The Labute approximate surface area is 152 Å². The van der Waals surface area contributed by atoms with Crippen molar-refractivity contribution in [1.82, 2.24) is 4.57 Å². The second kappa shape index (κ2) is 6.78. The topological polar surface area (TPSA) is 59.3 Å². The van der Waals surface area contributed by atoms with Crippen molar-refractivity contribution in [2.45, 2.75) is 18.7 Å². The van der Waals surface area contributed by atoms with E-state index in [2.05, 4.69) is 4.57 Å². The van der Waals surface area contributed by atoms with Gasteiger partial charge in [0.15, 0.2) is 5.78 Å². The molecule has 1 N–H and O–H groups in total. The van der Waals surface area contributed by atoms with Gasteiger partial charge >= 0.3 is 0 Å². The summed E-state index contributed by atoms with van der Waals surface area (Å²) < 4.78 is 27.9. The number of aliphatic hydroxyl groups excluding tert-OH is 1. The van der Waals surface area contributed by atoms with Gasteiger partial charge in [0, 0.05) is 45.3 Å². The number of aliphatic hydroxyl groups is 1. The van der Waals surface area contributed by atoms with Crippen LogP contribution in [0.4, 0.5) is 4.39 Å². The minimum atomic E-state index is -0.904. The van der Waals surface area contributed by atoms with Crippen molar-refractivity contribution in [3.05, 3.63) is 70.7 Å². The van der Waals surface area contributed by atoms with Crippen LogP contribution in [-0.4, -0.2) is 32.0 Å². The van der Waals surface area contributed by atoms with E-state index in [0.717, 1.165) is 27.7 Å². The SMILES string of the molecule is O=C(CO)c1ccc(Cn2c3c(c4cc(F)ccc42)CS(=O)CC3)cc1. The molecule has 0 saturated heterocycles. The average Bonchev–Trinajstić information content (AvgIpc) is 2.94. The van der Waals surface area contributed by atoms with Gasteiger partial charge in [-0.3, -0.25) is 9.00 Å². The molecule has 1 atom stereocenters. The number of hydrogen-bond donors (Lipinski definition) is 1. The Bertz CT molecular complexity index is 1020. The smallest absolute Gasteiger partial charge is 0.188 e. The summed E-state index contributed by atoms with van der Waals surface area (Å²) in [7, 11) is -0.904. The first-order valence-corrected chi connectivity index (χ1v) is 9.93. The molecular weight excluding hydrogens is 353 g/mol. The average molecular weight is 371 g/mol. The maximum Gasteiger partial charge on any atom is 0.188 e. The van der Waals surface area contributed by atoms with E-state index in [-0.39, 0.29) is 11.6 Å². The third-order valence-electron chi connectivity index (χ3n) is 4.88. The minimum Gasteiger partial charge on any atom is -0.388 e. The number of ketones is 1. The van der Waals surface area contributed by atoms with Crippen molar-refractivity contribution >= 4 is 27.5 Å². The molecule has 6 heteroatoms. The van der Waals surface area contributed by atoms with E-state index in [9.17, 15) is 13.4 Å². The zero-order valence-electron chi connectivity index (χ0n) is 14.1. The molecule has 0 fully saturated rings. The Morgan fingerprint density at radius 3 is 2.69 bits per heavy atom. The maximum absolute atomic E-state index is 13.8. The lowest BCUT2D eigenvalue weighted by atomic mass is 10.1. The molecule has 0 radical (unpaired) electrons. The first kappa shape index (κ1) is 17.1. The predicted octanol–water partition coefficient (Wildman–Crippen LogP) is 2.81. The van der Waals surface area contributed by atoms with E-state index in [1.807, 2.05) is 12.1 Å². The Kier molecular flexibility index (Phi) is 4.46. The third kappa shape index (κ3) is 2.99. The van der Waals surface area contributed by atoms with Crippen LogP contribution in [0.15, 0.2) is 42.5 Å². The van der Waals surface area contributed by atoms with Crippen LogP contribution in [0, 0.1) is 5.82 Å². The zero-order valence-corrected chi connectivity index (χ0v) is 14.9. The van der Waals surface area contributed by atoms with E-state index >= 15 is 0 Å². The lowest BCUT2D eigenvalue weighted by Gasteiger charge is -2.16. The van der Waals surface area contributed by atoms with Crippen LogP contribution in [0.1, 0.15) is 27.2 Å². The Balaban J connectivity index is 1.77. The Morgan fingerprint density at radius 1 is 1.19 bits per heavy atom. The third-order valence-corrected chi connectivity index (χ3v) is 6.15. The van der Waals surface area contributed by atoms with Gasteiger partial charge in [0.2, 0.25) is 0 Å². The summed E-state index contributed by atoms with van der Waals surface area (Å²) in [6.07, 6.45) is 0.708. The number of hydrogen-bond acceptors (Lipinski definition) is 3. The summed E-state index contributed by atoms with van der Waals surface area (Å²) >= 11 is 0. The van der Waals surface area contributed by atoms with E-state index in [1.165, 1.54) is 12.1 Å². The highest BCUT2D eigenvalue weighted by Gasteiger charge is 2.23. The van der Waals surface area contributed by atoms with E-state index in [0.29, 0.717) is 30.0 Å². The van der Waals surface area contributed by atoms with Crippen LogP contribution in [-0.2, 0) is 29.5 Å². The molecule has 2 aromatic carbocycles. The van der Waals surface area contributed by atoms with Crippen molar-refractivity contribution in [3.63, 3.8) is 0 Å². The summed E-state index contributed by atoms with van der Waals surface area (Å²) in [5.41, 5.74) is 4.52. The molecule has 0 bridgehead atoms. The fraction of sp³-hybridized carbons (Fsp3) is 0.250. The van der Waals surface area contributed by atoms with Crippen LogP contribution in [0.3, 0.4) is 0 Å². The molecule has 4 nitrogen and oxygen atoms in total. The van der Waals surface area contributed by atoms with Gasteiger partial charge in [-0.2, -0.15) is 0 Å². The predicted molar refractivity (Wildman–Crippen MR) is 99.3 cm³/mol. The lowest BCUT2D eigenvalue weighted by Crippen LogP contribution is -2.16. The number of Topliss-reactive ketones (excluding diaryl/α,β-unsaturated/α-hetero) is 1. The largest absolute Gasteiger partial charge is 0.388 e.